The minimum atomic E-state index is -1.47. The lowest BCUT2D eigenvalue weighted by Gasteiger charge is -2.54. The van der Waals surface area contributed by atoms with Crippen molar-refractivity contribution in [2.75, 3.05) is 0 Å². The molecule has 0 radical (unpaired) electrons. The molecule has 4 aliphatic carbocycles. The van der Waals surface area contributed by atoms with Gasteiger partial charge in [0.25, 0.3) is 0 Å². The van der Waals surface area contributed by atoms with Crippen LogP contribution >= 0.6 is 0 Å². The first kappa shape index (κ1) is 20.9. The molecule has 4 aliphatic rings. The van der Waals surface area contributed by atoms with Crippen molar-refractivity contribution in [3.8, 4) is 11.3 Å². The number of benzene rings is 2. The SMILES string of the molecule is C[Si](C)(C)c1cnc(-c2ccc3oc4ccccc4c3c2)cc1CC1C2CC3CC(C2)CC1C3. The van der Waals surface area contributed by atoms with Crippen LogP contribution < -0.4 is 5.19 Å². The number of furan rings is 1. The molecule has 0 atom stereocenters. The van der Waals surface area contributed by atoms with Gasteiger partial charge in [-0.3, -0.25) is 4.98 Å². The summed E-state index contributed by atoms with van der Waals surface area (Å²) in [5, 5.41) is 3.94. The number of fused-ring (bicyclic) bond motifs is 3. The first-order valence-corrected chi connectivity index (χ1v) is 16.8. The van der Waals surface area contributed by atoms with Gasteiger partial charge in [0.05, 0.1) is 13.8 Å². The average Bonchev–Trinajstić information content (AvgIpc) is 3.18. The van der Waals surface area contributed by atoms with E-state index in [9.17, 15) is 0 Å². The Morgan fingerprint density at radius 1 is 0.824 bits per heavy atom. The minimum Gasteiger partial charge on any atom is -0.456 e. The number of aromatic nitrogens is 1. The summed E-state index contributed by atoms with van der Waals surface area (Å²) in [7, 11) is -1.47. The van der Waals surface area contributed by atoms with Crippen LogP contribution in [0.3, 0.4) is 0 Å². The van der Waals surface area contributed by atoms with E-state index < -0.39 is 8.07 Å². The molecule has 8 rings (SSSR count). The molecule has 2 aromatic heterocycles. The van der Waals surface area contributed by atoms with Crippen LogP contribution in [0.5, 0.6) is 0 Å². The van der Waals surface area contributed by atoms with Gasteiger partial charge < -0.3 is 4.42 Å². The standard InChI is InChI=1S/C31H35NOSi/c1-34(2,3)31-18-32-28(21-8-9-30-27(15-21)25-6-4-5-7-29(25)33-30)17-24(31)16-26-22-11-19-10-20(13-22)14-23(26)12-19/h4-9,15,17-20,22-23,26H,10-14,16H2,1-3H3. The molecular weight excluding hydrogens is 430 g/mol. The summed E-state index contributed by atoms with van der Waals surface area (Å²) in [5.74, 6) is 4.91. The molecular formula is C31H35NOSi. The van der Waals surface area contributed by atoms with Gasteiger partial charge >= 0.3 is 0 Å². The van der Waals surface area contributed by atoms with Crippen LogP contribution in [0.15, 0.2) is 59.1 Å². The van der Waals surface area contributed by atoms with Crippen LogP contribution in [-0.2, 0) is 6.42 Å². The van der Waals surface area contributed by atoms with Crippen molar-refractivity contribution >= 4 is 35.2 Å². The third kappa shape index (κ3) is 3.38. The van der Waals surface area contributed by atoms with Gasteiger partial charge in [-0.25, -0.2) is 0 Å². The Morgan fingerprint density at radius 2 is 1.53 bits per heavy atom. The van der Waals surface area contributed by atoms with Crippen LogP contribution in [0.1, 0.15) is 37.7 Å². The maximum Gasteiger partial charge on any atom is 0.135 e. The first-order chi connectivity index (χ1) is 16.4. The normalized spacial score (nSPS) is 28.3. The van der Waals surface area contributed by atoms with Gasteiger partial charge in [0.2, 0.25) is 0 Å². The molecule has 4 aromatic rings. The lowest BCUT2D eigenvalue weighted by Crippen LogP contribution is -2.47. The molecule has 2 heterocycles. The molecule has 0 N–H and O–H groups in total. The zero-order valence-corrected chi connectivity index (χ0v) is 21.7. The summed E-state index contributed by atoms with van der Waals surface area (Å²) in [4.78, 5) is 5.04. The lowest BCUT2D eigenvalue weighted by atomic mass is 9.51. The minimum absolute atomic E-state index is 0.887. The maximum absolute atomic E-state index is 6.07. The smallest absolute Gasteiger partial charge is 0.135 e. The third-order valence-electron chi connectivity index (χ3n) is 9.35. The molecule has 3 heteroatoms. The summed E-state index contributed by atoms with van der Waals surface area (Å²) >= 11 is 0. The largest absolute Gasteiger partial charge is 0.456 e. The molecule has 0 amide bonds. The highest BCUT2D eigenvalue weighted by Gasteiger charge is 2.48. The highest BCUT2D eigenvalue weighted by molar-refractivity contribution is 6.89. The highest BCUT2D eigenvalue weighted by atomic mass is 28.3. The molecule has 0 unspecified atom stereocenters. The monoisotopic (exact) mass is 465 g/mol. The van der Waals surface area contributed by atoms with Crippen LogP contribution in [-0.4, -0.2) is 13.1 Å². The summed E-state index contributed by atoms with van der Waals surface area (Å²) < 4.78 is 6.07. The second-order valence-electron chi connectivity index (χ2n) is 12.6. The van der Waals surface area contributed by atoms with Gasteiger partial charge in [-0.1, -0.05) is 37.8 Å². The van der Waals surface area contributed by atoms with E-state index in [1.807, 2.05) is 6.07 Å². The predicted octanol–water partition coefficient (Wildman–Crippen LogP) is 7.81. The fourth-order valence-corrected chi connectivity index (χ4v) is 9.60. The van der Waals surface area contributed by atoms with E-state index in [-0.39, 0.29) is 0 Å². The summed E-state index contributed by atoms with van der Waals surface area (Å²) in [6.45, 7) is 7.44. The molecule has 0 spiro atoms. The van der Waals surface area contributed by atoms with Gasteiger partial charge in [-0.05, 0) is 109 Å². The van der Waals surface area contributed by atoms with E-state index in [1.165, 1.54) is 54.9 Å². The van der Waals surface area contributed by atoms with Crippen LogP contribution in [0, 0.1) is 29.6 Å². The van der Waals surface area contributed by atoms with Crippen molar-refractivity contribution in [1.82, 2.24) is 4.98 Å². The topological polar surface area (TPSA) is 26.0 Å². The Bertz CT molecular complexity index is 1370. The Balaban J connectivity index is 1.29. The summed E-state index contributed by atoms with van der Waals surface area (Å²) in [5.41, 5.74) is 5.83. The molecule has 2 nitrogen and oxygen atoms in total. The fourth-order valence-electron chi connectivity index (χ4n) is 8.01. The van der Waals surface area contributed by atoms with E-state index >= 15 is 0 Å². The number of hydrogen-bond donors (Lipinski definition) is 0. The first-order valence-electron chi connectivity index (χ1n) is 13.3. The Hall–Kier alpha value is -2.39. The Labute approximate surface area is 203 Å². The quantitative estimate of drug-likeness (QED) is 0.287. The lowest BCUT2D eigenvalue weighted by molar-refractivity contribution is -0.0359. The number of nitrogens with zero attached hydrogens (tertiary/aromatic N) is 1. The molecule has 4 saturated carbocycles. The van der Waals surface area contributed by atoms with Gasteiger partial charge in [0.15, 0.2) is 0 Å². The summed E-state index contributed by atoms with van der Waals surface area (Å²) in [6, 6.07) is 17.4. The van der Waals surface area contributed by atoms with Crippen molar-refractivity contribution in [2.24, 2.45) is 29.6 Å². The number of pyridine rings is 1. The van der Waals surface area contributed by atoms with Crippen LogP contribution in [0.2, 0.25) is 19.6 Å². The zero-order chi connectivity index (χ0) is 23.0. The van der Waals surface area contributed by atoms with Gasteiger partial charge in [0, 0.05) is 22.5 Å². The van der Waals surface area contributed by atoms with Gasteiger partial charge in [-0.15, -0.1) is 0 Å². The molecule has 0 aliphatic heterocycles. The average molecular weight is 466 g/mol. The number of para-hydroxylation sites is 1. The van der Waals surface area contributed by atoms with Crippen molar-refractivity contribution < 1.29 is 4.42 Å². The van der Waals surface area contributed by atoms with Gasteiger partial charge in [-0.2, -0.15) is 0 Å². The van der Waals surface area contributed by atoms with Gasteiger partial charge in [0.1, 0.15) is 11.2 Å². The van der Waals surface area contributed by atoms with Crippen LogP contribution in [0.4, 0.5) is 0 Å². The Morgan fingerprint density at radius 3 is 2.26 bits per heavy atom. The van der Waals surface area contributed by atoms with E-state index in [4.69, 9.17) is 9.40 Å². The zero-order valence-electron chi connectivity index (χ0n) is 20.7. The van der Waals surface area contributed by atoms with E-state index in [2.05, 4.69) is 68.3 Å². The number of hydrogen-bond acceptors (Lipinski definition) is 2. The Kier molecular flexibility index (Phi) is 4.65. The summed E-state index contributed by atoms with van der Waals surface area (Å²) in [6.07, 6.45) is 11.0. The van der Waals surface area contributed by atoms with E-state index in [1.54, 1.807) is 10.8 Å². The van der Waals surface area contributed by atoms with E-state index in [0.717, 1.165) is 46.4 Å². The maximum atomic E-state index is 6.07. The molecule has 4 bridgehead atoms. The second-order valence-corrected chi connectivity index (χ2v) is 17.6. The molecule has 4 fully saturated rings. The third-order valence-corrected chi connectivity index (χ3v) is 11.4. The van der Waals surface area contributed by atoms with Crippen molar-refractivity contribution in [3.05, 3.63) is 60.3 Å². The van der Waals surface area contributed by atoms with Crippen molar-refractivity contribution in [1.29, 1.82) is 0 Å². The highest BCUT2D eigenvalue weighted by Crippen LogP contribution is 2.57. The van der Waals surface area contributed by atoms with E-state index in [0.29, 0.717) is 0 Å². The molecule has 0 saturated heterocycles. The van der Waals surface area contributed by atoms with Crippen molar-refractivity contribution in [3.63, 3.8) is 0 Å². The predicted molar refractivity (Wildman–Crippen MR) is 144 cm³/mol. The van der Waals surface area contributed by atoms with Crippen molar-refractivity contribution in [2.45, 2.75) is 58.2 Å². The van der Waals surface area contributed by atoms with Crippen LogP contribution in [0.25, 0.3) is 33.2 Å². The molecule has 2 aromatic carbocycles. The molecule has 34 heavy (non-hydrogen) atoms. The molecule has 174 valence electrons. The fraction of sp³-hybridized carbons (Fsp3) is 0.452. The second kappa shape index (κ2) is 7.55. The number of rotatable bonds is 4.